The van der Waals surface area contributed by atoms with E-state index in [2.05, 4.69) is 27.1 Å². The molecule has 2 atom stereocenters. The van der Waals surface area contributed by atoms with Crippen LogP contribution in [0.1, 0.15) is 54.0 Å². The van der Waals surface area contributed by atoms with E-state index >= 15 is 0 Å². The lowest BCUT2D eigenvalue weighted by Crippen LogP contribution is -2.55. The van der Waals surface area contributed by atoms with E-state index in [1.54, 1.807) is 18.2 Å². The molecule has 214 valence electrons. The fraction of sp³-hybridized carbons (Fsp3) is 0.500. The van der Waals surface area contributed by atoms with Gasteiger partial charge in [-0.1, -0.05) is 6.07 Å². The second-order valence-corrected chi connectivity index (χ2v) is 15.2. The van der Waals surface area contributed by atoms with E-state index in [1.165, 1.54) is 11.1 Å². The number of nitrogens with zero attached hydrogens (tertiary/aromatic N) is 2. The van der Waals surface area contributed by atoms with Crippen LogP contribution in [0.2, 0.25) is 0 Å². The van der Waals surface area contributed by atoms with E-state index in [9.17, 15) is 26.9 Å². The highest BCUT2D eigenvalue weighted by molar-refractivity contribution is 7.92. The van der Waals surface area contributed by atoms with E-state index in [1.807, 2.05) is 12.1 Å². The molecule has 1 saturated heterocycles. The van der Waals surface area contributed by atoms with Gasteiger partial charge in [-0.25, -0.2) is 16.8 Å². The average molecular weight is 587 g/mol. The number of sulfone groups is 1. The van der Waals surface area contributed by atoms with Crippen LogP contribution in [0.25, 0.3) is 0 Å². The predicted octanol–water partition coefficient (Wildman–Crippen LogP) is 2.31. The van der Waals surface area contributed by atoms with Crippen LogP contribution in [0.15, 0.2) is 36.4 Å². The SMILES string of the molecule is CS(=O)(=O)CC(=O)N[C@H]1CC2(CCN([C@@H]3CCc4cc(C#N)ccc4C3)CC2)Oc2ccc(NS(C)(=O)=O)cc21. The maximum atomic E-state index is 12.7. The highest BCUT2D eigenvalue weighted by Crippen LogP contribution is 2.46. The number of carbonyl (C=O) groups is 1. The molecule has 2 aliphatic heterocycles. The Morgan fingerprint density at radius 2 is 1.85 bits per heavy atom. The van der Waals surface area contributed by atoms with Crippen molar-refractivity contribution in [3.05, 3.63) is 58.7 Å². The Bertz CT molecular complexity index is 1570. The van der Waals surface area contributed by atoms with Gasteiger partial charge in [0.15, 0.2) is 9.84 Å². The number of rotatable bonds is 6. The third kappa shape index (κ3) is 6.59. The first-order chi connectivity index (χ1) is 18.8. The second kappa shape index (κ2) is 10.7. The summed E-state index contributed by atoms with van der Waals surface area (Å²) in [4.78, 5) is 15.2. The van der Waals surface area contributed by atoms with Gasteiger partial charge >= 0.3 is 0 Å². The van der Waals surface area contributed by atoms with Crippen molar-refractivity contribution in [2.24, 2.45) is 0 Å². The van der Waals surface area contributed by atoms with Gasteiger partial charge in [-0.3, -0.25) is 14.4 Å². The molecule has 1 spiro atoms. The van der Waals surface area contributed by atoms with Crippen molar-refractivity contribution >= 4 is 31.5 Å². The quantitative estimate of drug-likeness (QED) is 0.525. The molecule has 5 rings (SSSR count). The van der Waals surface area contributed by atoms with Gasteiger partial charge in [0.05, 0.1) is 23.9 Å². The van der Waals surface area contributed by atoms with Gasteiger partial charge in [0.25, 0.3) is 0 Å². The zero-order valence-electron chi connectivity index (χ0n) is 22.6. The molecule has 2 heterocycles. The molecule has 12 heteroatoms. The van der Waals surface area contributed by atoms with Crippen molar-refractivity contribution in [2.75, 3.05) is 36.1 Å². The van der Waals surface area contributed by atoms with Crippen molar-refractivity contribution in [3.63, 3.8) is 0 Å². The Labute approximate surface area is 235 Å². The molecule has 0 saturated carbocycles. The molecule has 0 aromatic heterocycles. The molecule has 3 aliphatic rings. The minimum absolute atomic E-state index is 0.345. The summed E-state index contributed by atoms with van der Waals surface area (Å²) < 4.78 is 56.1. The van der Waals surface area contributed by atoms with Crippen molar-refractivity contribution in [1.29, 1.82) is 5.26 Å². The Morgan fingerprint density at radius 1 is 1.10 bits per heavy atom. The highest BCUT2D eigenvalue weighted by Gasteiger charge is 2.45. The number of nitrogens with one attached hydrogen (secondary N) is 2. The van der Waals surface area contributed by atoms with Crippen LogP contribution in [0.5, 0.6) is 5.75 Å². The zero-order valence-corrected chi connectivity index (χ0v) is 24.3. The highest BCUT2D eigenvalue weighted by atomic mass is 32.2. The number of benzene rings is 2. The third-order valence-electron chi connectivity index (χ3n) is 8.08. The van der Waals surface area contributed by atoms with Gasteiger partial charge in [-0.05, 0) is 73.6 Å². The number of aryl methyl sites for hydroxylation is 1. The molecule has 0 radical (unpaired) electrons. The number of nitriles is 1. The molecule has 40 heavy (non-hydrogen) atoms. The summed E-state index contributed by atoms with van der Waals surface area (Å²) in [6.07, 6.45) is 6.93. The van der Waals surface area contributed by atoms with E-state index < -0.39 is 43.2 Å². The zero-order chi connectivity index (χ0) is 28.7. The van der Waals surface area contributed by atoms with Crippen LogP contribution < -0.4 is 14.8 Å². The normalized spacial score (nSPS) is 22.3. The van der Waals surface area contributed by atoms with E-state index in [4.69, 9.17) is 4.74 Å². The number of carbonyl (C=O) groups excluding carboxylic acids is 1. The second-order valence-electron chi connectivity index (χ2n) is 11.3. The van der Waals surface area contributed by atoms with Gasteiger partial charge in [-0.15, -0.1) is 0 Å². The topological polar surface area (TPSA) is 146 Å². The summed E-state index contributed by atoms with van der Waals surface area (Å²) in [6.45, 7) is 1.65. The van der Waals surface area contributed by atoms with Crippen LogP contribution in [0.4, 0.5) is 5.69 Å². The van der Waals surface area contributed by atoms with Gasteiger partial charge < -0.3 is 10.1 Å². The van der Waals surface area contributed by atoms with Crippen LogP contribution in [0, 0.1) is 11.3 Å². The fourth-order valence-corrected chi connectivity index (χ4v) is 7.39. The standard InChI is InChI=1S/C28H34N4O6S2/c1-39(34,35)18-27(33)30-25-16-28(38-26-8-6-22(15-24(25)26)31-40(2,36)37)9-11-32(12-10-28)23-7-5-20-13-19(17-29)3-4-21(20)14-23/h3-4,6,8,13,15,23,25,31H,5,7,9-12,14,16,18H2,1-2H3,(H,30,33)/t23-,25+/m1/s1. The Hall–Kier alpha value is -3.14. The number of hydrogen-bond donors (Lipinski definition) is 2. The summed E-state index contributed by atoms with van der Waals surface area (Å²) in [5.74, 6) is -0.668. The van der Waals surface area contributed by atoms with Crippen LogP contribution in [-0.2, 0) is 37.5 Å². The van der Waals surface area contributed by atoms with Crippen LogP contribution in [-0.4, -0.2) is 70.6 Å². The monoisotopic (exact) mass is 586 g/mol. The predicted molar refractivity (Wildman–Crippen MR) is 151 cm³/mol. The van der Waals surface area contributed by atoms with E-state index in [0.29, 0.717) is 35.0 Å². The molecule has 10 nitrogen and oxygen atoms in total. The summed E-state index contributed by atoms with van der Waals surface area (Å²) in [5.41, 5.74) is 3.68. The molecular weight excluding hydrogens is 552 g/mol. The molecule has 2 aromatic carbocycles. The number of fused-ring (bicyclic) bond motifs is 2. The largest absolute Gasteiger partial charge is 0.487 e. The van der Waals surface area contributed by atoms with Gasteiger partial charge in [-0.2, -0.15) is 5.26 Å². The van der Waals surface area contributed by atoms with Crippen molar-refractivity contribution in [2.45, 2.75) is 56.2 Å². The van der Waals surface area contributed by atoms with E-state index in [0.717, 1.165) is 57.7 Å². The third-order valence-corrected chi connectivity index (χ3v) is 9.48. The Balaban J connectivity index is 1.33. The number of hydrogen-bond acceptors (Lipinski definition) is 8. The summed E-state index contributed by atoms with van der Waals surface area (Å²) in [7, 11) is -7.03. The Kier molecular flexibility index (Phi) is 7.58. The smallest absolute Gasteiger partial charge is 0.235 e. The number of amides is 1. The Morgan fingerprint density at radius 3 is 2.52 bits per heavy atom. The minimum atomic E-state index is -3.52. The average Bonchev–Trinajstić information content (AvgIpc) is 2.87. The van der Waals surface area contributed by atoms with Gasteiger partial charge in [0.1, 0.15) is 17.1 Å². The maximum absolute atomic E-state index is 12.7. The molecule has 0 bridgehead atoms. The van der Waals surface area contributed by atoms with Crippen LogP contribution >= 0.6 is 0 Å². The molecule has 1 amide bonds. The number of sulfonamides is 1. The number of anilines is 1. The molecule has 2 N–H and O–H groups in total. The molecule has 0 unspecified atom stereocenters. The lowest BCUT2D eigenvalue weighted by Gasteiger charge is -2.49. The summed E-state index contributed by atoms with van der Waals surface area (Å²) in [6, 6.07) is 13.0. The maximum Gasteiger partial charge on any atom is 0.235 e. The lowest BCUT2D eigenvalue weighted by atomic mass is 9.79. The first-order valence-corrected chi connectivity index (χ1v) is 17.3. The van der Waals surface area contributed by atoms with Crippen molar-refractivity contribution in [3.8, 4) is 11.8 Å². The number of piperidine rings is 1. The van der Waals surface area contributed by atoms with E-state index in [-0.39, 0.29) is 0 Å². The van der Waals surface area contributed by atoms with Gasteiger partial charge in [0, 0.05) is 43.1 Å². The first-order valence-electron chi connectivity index (χ1n) is 13.4. The minimum Gasteiger partial charge on any atom is -0.487 e. The van der Waals surface area contributed by atoms with Crippen molar-refractivity contribution < 1.29 is 26.4 Å². The van der Waals surface area contributed by atoms with Crippen molar-refractivity contribution in [1.82, 2.24) is 10.2 Å². The fourth-order valence-electron chi connectivity index (χ4n) is 6.27. The van der Waals surface area contributed by atoms with Crippen LogP contribution in [0.3, 0.4) is 0 Å². The summed E-state index contributed by atoms with van der Waals surface area (Å²) >= 11 is 0. The molecule has 2 aromatic rings. The molecule has 1 fully saturated rings. The molecular formula is C28H34N4O6S2. The summed E-state index contributed by atoms with van der Waals surface area (Å²) in [5, 5.41) is 12.1. The van der Waals surface area contributed by atoms with Gasteiger partial charge in [0.2, 0.25) is 15.9 Å². The lowest BCUT2D eigenvalue weighted by molar-refractivity contribution is -0.120. The first kappa shape index (κ1) is 28.4. The molecule has 1 aliphatic carbocycles. The number of ether oxygens (including phenoxy) is 1. The number of likely N-dealkylation sites (tertiary alicyclic amines) is 1.